The summed E-state index contributed by atoms with van der Waals surface area (Å²) in [4.78, 5) is 1.42. The molecular weight excluding hydrogens is 202 g/mol. The van der Waals surface area contributed by atoms with Crippen molar-refractivity contribution in [1.82, 2.24) is 0 Å². The lowest BCUT2D eigenvalue weighted by Crippen LogP contribution is -1.89. The molecule has 2 heteroatoms. The maximum atomic E-state index is 5.81. The van der Waals surface area contributed by atoms with Crippen LogP contribution >= 0.6 is 11.8 Å². The van der Waals surface area contributed by atoms with Crippen LogP contribution in [0.1, 0.15) is 30.9 Å². The summed E-state index contributed by atoms with van der Waals surface area (Å²) in [5.41, 5.74) is 9.46. The van der Waals surface area contributed by atoms with Gasteiger partial charge in [-0.05, 0) is 41.9 Å². The highest BCUT2D eigenvalue weighted by Crippen LogP contribution is 2.37. The molecule has 0 bridgehead atoms. The molecular formula is C13H17NS. The summed E-state index contributed by atoms with van der Waals surface area (Å²) < 4.78 is 0. The second-order valence-corrected chi connectivity index (χ2v) is 5.03. The van der Waals surface area contributed by atoms with E-state index in [0.29, 0.717) is 0 Å². The van der Waals surface area contributed by atoms with E-state index < -0.39 is 0 Å². The van der Waals surface area contributed by atoms with Crippen LogP contribution in [-0.4, -0.2) is 5.75 Å². The third-order valence-corrected chi connectivity index (χ3v) is 3.85. The van der Waals surface area contributed by atoms with E-state index >= 15 is 0 Å². The number of hydrogen-bond donors (Lipinski definition) is 1. The standard InChI is InChI=1S/C13H17NS/c1-2-3-8-15-13-7-5-10-4-6-11(14)9-12(10)13/h4,6-7,9H,2-3,5,8,14H2,1H3. The van der Waals surface area contributed by atoms with Gasteiger partial charge < -0.3 is 5.73 Å². The number of thioether (sulfide) groups is 1. The van der Waals surface area contributed by atoms with Crippen LogP contribution in [0.25, 0.3) is 4.91 Å². The lowest BCUT2D eigenvalue weighted by molar-refractivity contribution is 0.898. The van der Waals surface area contributed by atoms with E-state index in [0.717, 1.165) is 12.1 Å². The normalized spacial score (nSPS) is 13.8. The molecule has 0 saturated heterocycles. The fourth-order valence-electron chi connectivity index (χ4n) is 1.78. The van der Waals surface area contributed by atoms with Crippen LogP contribution in [0.15, 0.2) is 24.3 Å². The Bertz CT molecular complexity index is 382. The van der Waals surface area contributed by atoms with Crippen molar-refractivity contribution < 1.29 is 0 Å². The third kappa shape index (κ3) is 2.37. The van der Waals surface area contributed by atoms with E-state index in [2.05, 4.69) is 25.1 Å². The number of unbranched alkanes of at least 4 members (excludes halogenated alkanes) is 1. The zero-order valence-electron chi connectivity index (χ0n) is 9.12. The Labute approximate surface area is 95.8 Å². The van der Waals surface area contributed by atoms with Crippen molar-refractivity contribution in [3.05, 3.63) is 35.4 Å². The van der Waals surface area contributed by atoms with Crippen LogP contribution in [0.3, 0.4) is 0 Å². The predicted molar refractivity (Wildman–Crippen MR) is 69.9 cm³/mol. The average molecular weight is 219 g/mol. The van der Waals surface area contributed by atoms with Crippen molar-refractivity contribution in [2.24, 2.45) is 0 Å². The second kappa shape index (κ2) is 4.75. The van der Waals surface area contributed by atoms with Gasteiger partial charge in [0.15, 0.2) is 0 Å². The first-order valence-corrected chi connectivity index (χ1v) is 6.51. The summed E-state index contributed by atoms with van der Waals surface area (Å²) >= 11 is 1.97. The lowest BCUT2D eigenvalue weighted by atomic mass is 10.1. The predicted octanol–water partition coefficient (Wildman–Crippen LogP) is 3.70. The fraction of sp³-hybridized carbons (Fsp3) is 0.385. The van der Waals surface area contributed by atoms with Crippen molar-refractivity contribution >= 4 is 22.4 Å². The number of hydrogen-bond acceptors (Lipinski definition) is 2. The van der Waals surface area contributed by atoms with Crippen molar-refractivity contribution in [1.29, 1.82) is 0 Å². The second-order valence-electron chi connectivity index (χ2n) is 3.89. The van der Waals surface area contributed by atoms with E-state index in [9.17, 15) is 0 Å². The number of nitrogens with two attached hydrogens (primary N) is 1. The molecule has 1 aliphatic carbocycles. The molecule has 2 N–H and O–H groups in total. The molecule has 0 atom stereocenters. The van der Waals surface area contributed by atoms with E-state index in [-0.39, 0.29) is 0 Å². The van der Waals surface area contributed by atoms with Crippen LogP contribution < -0.4 is 5.73 Å². The Balaban J connectivity index is 2.08. The molecule has 0 saturated carbocycles. The minimum absolute atomic E-state index is 0.873. The van der Waals surface area contributed by atoms with Gasteiger partial charge in [-0.1, -0.05) is 25.5 Å². The quantitative estimate of drug-likeness (QED) is 0.617. The first-order chi connectivity index (χ1) is 7.31. The molecule has 0 aliphatic heterocycles. The molecule has 0 amide bonds. The monoisotopic (exact) mass is 219 g/mol. The lowest BCUT2D eigenvalue weighted by Gasteiger charge is -2.06. The first kappa shape index (κ1) is 10.6. The Kier molecular flexibility index (Phi) is 3.37. The molecule has 1 aliphatic rings. The van der Waals surface area contributed by atoms with Gasteiger partial charge in [0.05, 0.1) is 0 Å². The fourth-order valence-corrected chi connectivity index (χ4v) is 2.98. The number of nitrogen functional groups attached to an aromatic ring is 1. The number of benzene rings is 1. The highest BCUT2D eigenvalue weighted by Gasteiger charge is 2.13. The average Bonchev–Trinajstić information content (AvgIpc) is 2.62. The summed E-state index contributed by atoms with van der Waals surface area (Å²) in [6, 6.07) is 6.24. The summed E-state index contributed by atoms with van der Waals surface area (Å²) in [7, 11) is 0. The van der Waals surface area contributed by atoms with Crippen molar-refractivity contribution in [3.63, 3.8) is 0 Å². The molecule has 2 rings (SSSR count). The van der Waals surface area contributed by atoms with Gasteiger partial charge in [-0.3, -0.25) is 0 Å². The maximum Gasteiger partial charge on any atom is 0.0320 e. The van der Waals surface area contributed by atoms with Gasteiger partial charge in [-0.15, -0.1) is 11.8 Å². The van der Waals surface area contributed by atoms with Crippen LogP contribution in [0.4, 0.5) is 5.69 Å². The number of fused-ring (bicyclic) bond motifs is 1. The molecule has 0 radical (unpaired) electrons. The molecule has 0 fully saturated rings. The molecule has 1 aromatic carbocycles. The molecule has 0 aromatic heterocycles. The largest absolute Gasteiger partial charge is 0.399 e. The number of anilines is 1. The zero-order chi connectivity index (χ0) is 10.7. The minimum Gasteiger partial charge on any atom is -0.399 e. The van der Waals surface area contributed by atoms with Gasteiger partial charge in [0.25, 0.3) is 0 Å². The maximum absolute atomic E-state index is 5.81. The topological polar surface area (TPSA) is 26.0 Å². The van der Waals surface area contributed by atoms with E-state index in [1.165, 1.54) is 34.6 Å². The van der Waals surface area contributed by atoms with E-state index in [1.54, 1.807) is 0 Å². The zero-order valence-corrected chi connectivity index (χ0v) is 9.94. The van der Waals surface area contributed by atoms with Crippen molar-refractivity contribution in [2.75, 3.05) is 11.5 Å². The molecule has 0 unspecified atom stereocenters. The molecule has 0 heterocycles. The van der Waals surface area contributed by atoms with E-state index in [4.69, 9.17) is 5.73 Å². The Morgan fingerprint density at radius 3 is 3.07 bits per heavy atom. The summed E-state index contributed by atoms with van der Waals surface area (Å²) in [5.74, 6) is 1.22. The highest BCUT2D eigenvalue weighted by molar-refractivity contribution is 8.08. The number of allylic oxidation sites excluding steroid dienone is 1. The molecule has 15 heavy (non-hydrogen) atoms. The minimum atomic E-state index is 0.873. The summed E-state index contributed by atoms with van der Waals surface area (Å²) in [6.45, 7) is 2.23. The van der Waals surface area contributed by atoms with Gasteiger partial charge in [-0.25, -0.2) is 0 Å². The van der Waals surface area contributed by atoms with E-state index in [1.807, 2.05) is 17.8 Å². The summed E-state index contributed by atoms with van der Waals surface area (Å²) in [5, 5.41) is 0. The molecule has 80 valence electrons. The van der Waals surface area contributed by atoms with Crippen molar-refractivity contribution in [2.45, 2.75) is 26.2 Å². The van der Waals surface area contributed by atoms with Crippen LogP contribution in [-0.2, 0) is 6.42 Å². The summed E-state index contributed by atoms with van der Waals surface area (Å²) in [6.07, 6.45) is 5.96. The van der Waals surface area contributed by atoms with Gasteiger partial charge in [0.2, 0.25) is 0 Å². The molecule has 1 aromatic rings. The SMILES string of the molecule is CCCCSC1=CCc2ccc(N)cc21. The highest BCUT2D eigenvalue weighted by atomic mass is 32.2. The molecule has 0 spiro atoms. The third-order valence-electron chi connectivity index (χ3n) is 2.66. The first-order valence-electron chi connectivity index (χ1n) is 5.53. The Morgan fingerprint density at radius 2 is 2.27 bits per heavy atom. The Hall–Kier alpha value is -0.890. The van der Waals surface area contributed by atoms with Crippen LogP contribution in [0.2, 0.25) is 0 Å². The van der Waals surface area contributed by atoms with Crippen LogP contribution in [0, 0.1) is 0 Å². The molecule has 1 nitrogen and oxygen atoms in total. The van der Waals surface area contributed by atoms with Crippen molar-refractivity contribution in [3.8, 4) is 0 Å². The van der Waals surface area contributed by atoms with Gasteiger partial charge in [0.1, 0.15) is 0 Å². The van der Waals surface area contributed by atoms with Gasteiger partial charge in [0, 0.05) is 10.6 Å². The smallest absolute Gasteiger partial charge is 0.0320 e. The van der Waals surface area contributed by atoms with Gasteiger partial charge >= 0.3 is 0 Å². The Morgan fingerprint density at radius 1 is 1.40 bits per heavy atom. The van der Waals surface area contributed by atoms with Gasteiger partial charge in [-0.2, -0.15) is 0 Å². The van der Waals surface area contributed by atoms with Crippen LogP contribution in [0.5, 0.6) is 0 Å². The number of rotatable bonds is 4.